The first-order valence-electron chi connectivity index (χ1n) is 7.64. The Morgan fingerprint density at radius 1 is 1.20 bits per heavy atom. The second-order valence-corrected chi connectivity index (χ2v) is 6.49. The Morgan fingerprint density at radius 2 is 2.04 bits per heavy atom. The van der Waals surface area contributed by atoms with Crippen LogP contribution in [0.1, 0.15) is 21.6 Å². The van der Waals surface area contributed by atoms with Gasteiger partial charge in [-0.05, 0) is 48.9 Å². The molecule has 1 aromatic carbocycles. The van der Waals surface area contributed by atoms with E-state index >= 15 is 0 Å². The van der Waals surface area contributed by atoms with Gasteiger partial charge in [0.2, 0.25) is 0 Å². The summed E-state index contributed by atoms with van der Waals surface area (Å²) in [5, 5.41) is 3.20. The fourth-order valence-electron chi connectivity index (χ4n) is 2.37. The average molecular weight is 400 g/mol. The Kier molecular flexibility index (Phi) is 5.19. The second-order valence-electron chi connectivity index (χ2n) is 5.57. The summed E-state index contributed by atoms with van der Waals surface area (Å²) in [5.41, 5.74) is 3.21. The first-order valence-corrected chi connectivity index (χ1v) is 8.43. The van der Waals surface area contributed by atoms with Gasteiger partial charge in [-0.3, -0.25) is 14.8 Å². The van der Waals surface area contributed by atoms with Crippen molar-refractivity contribution in [1.29, 1.82) is 0 Å². The molecule has 0 unspecified atom stereocenters. The number of Topliss-reactive ketones (excluding diaryl/α,β-unsaturated/α-hetero) is 1. The average Bonchev–Trinajstić information content (AvgIpc) is 2.58. The number of hydrogen-bond acceptors (Lipinski definition) is 4. The van der Waals surface area contributed by atoms with Gasteiger partial charge >= 0.3 is 0 Å². The van der Waals surface area contributed by atoms with E-state index in [9.17, 15) is 9.18 Å². The molecule has 0 aliphatic carbocycles. The SMILES string of the molecule is Cc1ccc(Nc2cnccc2CC(=O)c2ccc(Br)cc2F)cn1. The molecule has 4 nitrogen and oxygen atoms in total. The molecular weight excluding hydrogens is 385 g/mol. The monoisotopic (exact) mass is 399 g/mol. The number of carbonyl (C=O) groups is 1. The largest absolute Gasteiger partial charge is 0.353 e. The van der Waals surface area contributed by atoms with Crippen molar-refractivity contribution in [3.05, 3.63) is 82.1 Å². The highest BCUT2D eigenvalue weighted by molar-refractivity contribution is 9.10. The van der Waals surface area contributed by atoms with Crippen LogP contribution in [-0.4, -0.2) is 15.8 Å². The topological polar surface area (TPSA) is 54.9 Å². The predicted octanol–water partition coefficient (Wildman–Crippen LogP) is 4.86. The van der Waals surface area contributed by atoms with Crippen LogP contribution in [0, 0.1) is 12.7 Å². The van der Waals surface area contributed by atoms with Gasteiger partial charge in [-0.1, -0.05) is 15.9 Å². The van der Waals surface area contributed by atoms with Gasteiger partial charge in [-0.25, -0.2) is 4.39 Å². The van der Waals surface area contributed by atoms with E-state index in [1.807, 2.05) is 19.1 Å². The van der Waals surface area contributed by atoms with E-state index in [0.717, 1.165) is 16.9 Å². The molecule has 3 rings (SSSR count). The number of hydrogen-bond donors (Lipinski definition) is 1. The Morgan fingerprint density at radius 3 is 2.76 bits per heavy atom. The van der Waals surface area contributed by atoms with Gasteiger partial charge in [0.25, 0.3) is 0 Å². The van der Waals surface area contributed by atoms with Crippen molar-refractivity contribution in [3.8, 4) is 0 Å². The van der Waals surface area contributed by atoms with Crippen molar-refractivity contribution in [2.24, 2.45) is 0 Å². The maximum atomic E-state index is 14.0. The van der Waals surface area contributed by atoms with E-state index in [0.29, 0.717) is 10.2 Å². The van der Waals surface area contributed by atoms with Gasteiger partial charge in [-0.15, -0.1) is 0 Å². The molecule has 0 atom stereocenters. The van der Waals surface area contributed by atoms with Crippen molar-refractivity contribution in [2.75, 3.05) is 5.32 Å². The summed E-state index contributed by atoms with van der Waals surface area (Å²) in [6.07, 6.45) is 5.03. The molecule has 25 heavy (non-hydrogen) atoms. The molecule has 2 heterocycles. The molecule has 0 bridgehead atoms. The number of aromatic nitrogens is 2. The van der Waals surface area contributed by atoms with Crippen LogP contribution < -0.4 is 5.32 Å². The second kappa shape index (κ2) is 7.53. The number of nitrogens with zero attached hydrogens (tertiary/aromatic N) is 2. The Hall–Kier alpha value is -2.60. The molecule has 0 saturated carbocycles. The number of benzene rings is 1. The molecule has 0 saturated heterocycles. The third-order valence-corrected chi connectivity index (χ3v) is 4.18. The predicted molar refractivity (Wildman–Crippen MR) is 98.6 cm³/mol. The van der Waals surface area contributed by atoms with Crippen LogP contribution >= 0.6 is 15.9 Å². The third kappa shape index (κ3) is 4.28. The van der Waals surface area contributed by atoms with Gasteiger partial charge in [0.1, 0.15) is 5.82 Å². The molecule has 0 aliphatic heterocycles. The van der Waals surface area contributed by atoms with Crippen LogP contribution in [0.3, 0.4) is 0 Å². The van der Waals surface area contributed by atoms with Gasteiger partial charge < -0.3 is 5.32 Å². The molecule has 126 valence electrons. The summed E-state index contributed by atoms with van der Waals surface area (Å²) in [4.78, 5) is 20.8. The first kappa shape index (κ1) is 17.2. The van der Waals surface area contributed by atoms with E-state index in [4.69, 9.17) is 0 Å². The highest BCUT2D eigenvalue weighted by atomic mass is 79.9. The lowest BCUT2D eigenvalue weighted by molar-refractivity contribution is 0.0989. The number of carbonyl (C=O) groups excluding carboxylic acids is 1. The molecule has 0 aliphatic rings. The third-order valence-electron chi connectivity index (χ3n) is 3.68. The molecule has 0 fully saturated rings. The van der Waals surface area contributed by atoms with Crippen molar-refractivity contribution >= 4 is 33.1 Å². The Bertz CT molecular complexity index is 913. The lowest BCUT2D eigenvalue weighted by atomic mass is 10.0. The molecule has 2 aromatic heterocycles. The summed E-state index contributed by atoms with van der Waals surface area (Å²) in [6.45, 7) is 1.91. The van der Waals surface area contributed by atoms with Crippen LogP contribution in [0.25, 0.3) is 0 Å². The number of pyridine rings is 2. The van der Waals surface area contributed by atoms with Crippen LogP contribution in [0.5, 0.6) is 0 Å². The van der Waals surface area contributed by atoms with Crippen molar-refractivity contribution < 1.29 is 9.18 Å². The van der Waals surface area contributed by atoms with Crippen molar-refractivity contribution in [2.45, 2.75) is 13.3 Å². The molecule has 0 amide bonds. The smallest absolute Gasteiger partial charge is 0.170 e. The zero-order chi connectivity index (χ0) is 17.8. The Labute approximate surface area is 153 Å². The molecule has 6 heteroatoms. The maximum absolute atomic E-state index is 14.0. The summed E-state index contributed by atoms with van der Waals surface area (Å²) < 4.78 is 14.6. The summed E-state index contributed by atoms with van der Waals surface area (Å²) in [5.74, 6) is -0.827. The quantitative estimate of drug-likeness (QED) is 0.622. The number of ketones is 1. The van der Waals surface area contributed by atoms with Crippen molar-refractivity contribution in [3.63, 3.8) is 0 Å². The minimum atomic E-state index is -0.536. The van der Waals surface area contributed by atoms with Gasteiger partial charge in [0, 0.05) is 22.8 Å². The first-order chi connectivity index (χ1) is 12.0. The van der Waals surface area contributed by atoms with E-state index in [1.165, 1.54) is 12.1 Å². The Balaban J connectivity index is 1.83. The molecule has 0 radical (unpaired) electrons. The standard InChI is InChI=1S/C19H15BrFN3O/c1-12-2-4-15(10-23-12)24-18-11-22-7-6-13(18)8-19(25)16-5-3-14(20)9-17(16)21/h2-7,9-11,24H,8H2,1H3. The fraction of sp³-hybridized carbons (Fsp3) is 0.105. The zero-order valence-corrected chi connectivity index (χ0v) is 15.0. The van der Waals surface area contributed by atoms with E-state index in [-0.39, 0.29) is 17.8 Å². The summed E-state index contributed by atoms with van der Waals surface area (Å²) in [6, 6.07) is 9.96. The number of aryl methyl sites for hydroxylation is 1. The van der Waals surface area contributed by atoms with E-state index < -0.39 is 5.82 Å². The summed E-state index contributed by atoms with van der Waals surface area (Å²) in [7, 11) is 0. The highest BCUT2D eigenvalue weighted by Gasteiger charge is 2.15. The van der Waals surface area contributed by atoms with Gasteiger partial charge in [-0.2, -0.15) is 0 Å². The summed E-state index contributed by atoms with van der Waals surface area (Å²) >= 11 is 3.19. The molecule has 1 N–H and O–H groups in total. The molecular formula is C19H15BrFN3O. The van der Waals surface area contributed by atoms with Gasteiger partial charge in [0.05, 0.1) is 29.3 Å². The number of anilines is 2. The number of halogens is 2. The van der Waals surface area contributed by atoms with E-state index in [1.54, 1.807) is 30.7 Å². The fourth-order valence-corrected chi connectivity index (χ4v) is 2.70. The minimum Gasteiger partial charge on any atom is -0.353 e. The van der Waals surface area contributed by atoms with Crippen LogP contribution in [0.4, 0.5) is 15.8 Å². The van der Waals surface area contributed by atoms with Gasteiger partial charge in [0.15, 0.2) is 5.78 Å². The number of nitrogens with one attached hydrogen (secondary N) is 1. The van der Waals surface area contributed by atoms with E-state index in [2.05, 4.69) is 31.2 Å². The van der Waals surface area contributed by atoms with Crippen LogP contribution in [0.2, 0.25) is 0 Å². The van der Waals surface area contributed by atoms with Crippen LogP contribution in [0.15, 0.2) is 59.5 Å². The maximum Gasteiger partial charge on any atom is 0.170 e. The normalized spacial score (nSPS) is 10.5. The minimum absolute atomic E-state index is 0.0721. The van der Waals surface area contributed by atoms with Crippen LogP contribution in [-0.2, 0) is 6.42 Å². The highest BCUT2D eigenvalue weighted by Crippen LogP contribution is 2.22. The lowest BCUT2D eigenvalue weighted by Crippen LogP contribution is -2.08. The number of rotatable bonds is 5. The molecule has 0 spiro atoms. The zero-order valence-electron chi connectivity index (χ0n) is 13.5. The van der Waals surface area contributed by atoms with Crippen molar-refractivity contribution in [1.82, 2.24) is 9.97 Å². The molecule has 3 aromatic rings. The lowest BCUT2D eigenvalue weighted by Gasteiger charge is -2.11.